The molecule has 3 rings (SSSR count). The number of hydrogen-bond donors (Lipinski definition) is 4. The van der Waals surface area contributed by atoms with Crippen LogP contribution in [0.3, 0.4) is 0 Å². The van der Waals surface area contributed by atoms with Gasteiger partial charge in [0.2, 0.25) is 11.8 Å². The van der Waals surface area contributed by atoms with E-state index in [0.29, 0.717) is 24.8 Å². The topological polar surface area (TPSA) is 168 Å². The number of carbonyl (C=O) groups is 6. The molecule has 13 nitrogen and oxygen atoms in total. The predicted octanol–water partition coefficient (Wildman–Crippen LogP) is 0.859. The molecule has 0 bridgehead atoms. The van der Waals surface area contributed by atoms with Crippen molar-refractivity contribution in [3.8, 4) is 0 Å². The Kier molecular flexibility index (Phi) is 8.82. The largest absolute Gasteiger partial charge is 0.481 e. The van der Waals surface area contributed by atoms with Crippen molar-refractivity contribution < 1.29 is 33.9 Å². The molecule has 5 amide bonds. The lowest BCUT2D eigenvalue weighted by molar-refractivity contribution is -0.149. The number of carboxylic acid groups (broad SMARTS) is 1. The summed E-state index contributed by atoms with van der Waals surface area (Å²) in [5, 5.41) is 18.2. The van der Waals surface area contributed by atoms with Gasteiger partial charge < -0.3 is 20.5 Å². The summed E-state index contributed by atoms with van der Waals surface area (Å²) in [7, 11) is 0. The molecule has 1 aromatic rings. The van der Waals surface area contributed by atoms with Gasteiger partial charge >= 0.3 is 12.0 Å². The summed E-state index contributed by atoms with van der Waals surface area (Å²) in [6.45, 7) is 3.19. The predicted molar refractivity (Wildman–Crippen MR) is 131 cm³/mol. The number of hydrogen-bond acceptors (Lipinski definition) is 7. The number of allylic oxidation sites excluding steroid dienone is 1. The number of carbonyl (C=O) groups excluding carboxylic acids is 5. The SMILES string of the molecule is C/C=C(\N[C@H](C=O)CC(=O)O)[C@@H]1CCCN2C(=O)CCN(NC(=O)c3ccccc3NC(C)=O)C(=O)N12. The first kappa shape index (κ1) is 27.2. The number of hydrazine groups is 2. The zero-order valence-electron chi connectivity index (χ0n) is 20.6. The molecule has 13 heteroatoms. The Balaban J connectivity index is 1.87. The molecule has 0 aliphatic carbocycles. The minimum atomic E-state index is -1.17. The summed E-state index contributed by atoms with van der Waals surface area (Å²) in [6.07, 6.45) is 2.61. The van der Waals surface area contributed by atoms with Gasteiger partial charge in [-0.1, -0.05) is 18.2 Å². The van der Waals surface area contributed by atoms with E-state index in [4.69, 9.17) is 5.11 Å². The number of aliphatic carboxylic acids is 1. The Bertz CT molecular complexity index is 1120. The van der Waals surface area contributed by atoms with Crippen LogP contribution in [0.5, 0.6) is 0 Å². The van der Waals surface area contributed by atoms with Crippen LogP contribution in [-0.4, -0.2) is 81.3 Å². The van der Waals surface area contributed by atoms with Crippen LogP contribution in [0.1, 0.15) is 49.9 Å². The number of rotatable bonds is 9. The quantitative estimate of drug-likeness (QED) is 0.352. The van der Waals surface area contributed by atoms with E-state index >= 15 is 0 Å². The van der Waals surface area contributed by atoms with Crippen LogP contribution in [0.15, 0.2) is 36.0 Å². The fourth-order valence-corrected chi connectivity index (χ4v) is 4.33. The molecule has 1 aromatic carbocycles. The zero-order valence-corrected chi connectivity index (χ0v) is 20.6. The molecule has 2 aliphatic rings. The van der Waals surface area contributed by atoms with Crippen LogP contribution in [0.25, 0.3) is 0 Å². The lowest BCUT2D eigenvalue weighted by Gasteiger charge is -2.44. The second-order valence-corrected chi connectivity index (χ2v) is 8.60. The van der Waals surface area contributed by atoms with Gasteiger partial charge in [0.25, 0.3) is 5.91 Å². The van der Waals surface area contributed by atoms with Crippen LogP contribution in [0.4, 0.5) is 10.5 Å². The maximum Gasteiger partial charge on any atom is 0.358 e. The number of carboxylic acids is 1. The average Bonchev–Trinajstić information content (AvgIpc) is 2.98. The number of fused-ring (bicyclic) bond motifs is 1. The molecular weight excluding hydrogens is 484 g/mol. The lowest BCUT2D eigenvalue weighted by atomic mass is 10.0. The Hall–Kier alpha value is -4.42. The maximum atomic E-state index is 13.7. The number of nitrogens with one attached hydrogen (secondary N) is 3. The van der Waals surface area contributed by atoms with Crippen molar-refractivity contribution in [3.63, 3.8) is 0 Å². The van der Waals surface area contributed by atoms with Crippen molar-refractivity contribution in [2.75, 3.05) is 18.4 Å². The van der Waals surface area contributed by atoms with E-state index < -0.39 is 36.4 Å². The van der Waals surface area contributed by atoms with E-state index in [1.54, 1.807) is 31.2 Å². The molecule has 0 spiro atoms. The van der Waals surface area contributed by atoms with Gasteiger partial charge in [0, 0.05) is 25.6 Å². The van der Waals surface area contributed by atoms with E-state index in [2.05, 4.69) is 16.1 Å². The van der Waals surface area contributed by atoms with Crippen molar-refractivity contribution in [2.24, 2.45) is 0 Å². The normalized spacial score (nSPS) is 18.9. The van der Waals surface area contributed by atoms with Gasteiger partial charge in [-0.15, -0.1) is 0 Å². The molecular formula is C24H30N6O7. The summed E-state index contributed by atoms with van der Waals surface area (Å²) >= 11 is 0. The van der Waals surface area contributed by atoms with Crippen LogP contribution in [-0.2, 0) is 19.2 Å². The van der Waals surface area contributed by atoms with Gasteiger partial charge in [-0.25, -0.2) is 19.8 Å². The smallest absolute Gasteiger partial charge is 0.358 e. The molecule has 2 atom stereocenters. The highest BCUT2D eigenvalue weighted by atomic mass is 16.4. The van der Waals surface area contributed by atoms with Gasteiger partial charge in [0.15, 0.2) is 0 Å². The molecule has 0 radical (unpaired) electrons. The molecule has 37 heavy (non-hydrogen) atoms. The molecule has 2 fully saturated rings. The van der Waals surface area contributed by atoms with E-state index in [-0.39, 0.29) is 42.6 Å². The molecule has 2 aliphatic heterocycles. The molecule has 0 saturated carbocycles. The van der Waals surface area contributed by atoms with Gasteiger partial charge in [-0.2, -0.15) is 0 Å². The van der Waals surface area contributed by atoms with E-state index in [1.165, 1.54) is 23.0 Å². The van der Waals surface area contributed by atoms with Crippen molar-refractivity contribution in [3.05, 3.63) is 41.6 Å². The van der Waals surface area contributed by atoms with Gasteiger partial charge in [0.05, 0.1) is 36.3 Å². The third-order valence-corrected chi connectivity index (χ3v) is 5.97. The van der Waals surface area contributed by atoms with Crippen molar-refractivity contribution in [1.29, 1.82) is 0 Å². The van der Waals surface area contributed by atoms with E-state index in [1.807, 2.05) is 0 Å². The number of urea groups is 1. The second kappa shape index (κ2) is 12.0. The van der Waals surface area contributed by atoms with Crippen molar-refractivity contribution >= 4 is 41.7 Å². The first-order chi connectivity index (χ1) is 17.7. The molecule has 0 unspecified atom stereocenters. The summed E-state index contributed by atoms with van der Waals surface area (Å²) in [4.78, 5) is 73.8. The summed E-state index contributed by atoms with van der Waals surface area (Å²) in [5.74, 6) is -2.51. The number of aldehydes is 1. The standard InChI is InChI=1S/C24H30N6O7/c1-3-18(26-16(14-31)13-22(34)35)20-9-6-11-29-21(33)10-12-28(24(37)30(20)29)27-23(36)17-7-4-5-8-19(17)25-15(2)32/h3-5,7-8,14,16,20,26H,6,9-13H2,1-2H3,(H,25,32)(H,27,36)(H,34,35)/b18-3-/t16-,20-/m0/s1. The highest BCUT2D eigenvalue weighted by Crippen LogP contribution is 2.27. The molecule has 2 heterocycles. The average molecular weight is 515 g/mol. The molecule has 2 saturated heterocycles. The van der Waals surface area contributed by atoms with Gasteiger partial charge in [-0.3, -0.25) is 24.6 Å². The Morgan fingerprint density at radius 1 is 1.19 bits per heavy atom. The van der Waals surface area contributed by atoms with Crippen LogP contribution in [0.2, 0.25) is 0 Å². The van der Waals surface area contributed by atoms with Crippen molar-refractivity contribution in [2.45, 2.75) is 51.6 Å². The number of anilines is 1. The molecule has 4 N–H and O–H groups in total. The van der Waals surface area contributed by atoms with Crippen molar-refractivity contribution in [1.82, 2.24) is 25.8 Å². The van der Waals surface area contributed by atoms with Gasteiger partial charge in [0.1, 0.15) is 6.29 Å². The van der Waals surface area contributed by atoms with E-state index in [9.17, 15) is 28.8 Å². The number of benzene rings is 1. The fourth-order valence-electron chi connectivity index (χ4n) is 4.33. The third kappa shape index (κ3) is 6.42. The number of amides is 5. The summed E-state index contributed by atoms with van der Waals surface area (Å²) in [5.41, 5.74) is 3.35. The summed E-state index contributed by atoms with van der Waals surface area (Å²) < 4.78 is 0. The number of para-hydroxylation sites is 1. The Morgan fingerprint density at radius 3 is 2.57 bits per heavy atom. The third-order valence-electron chi connectivity index (χ3n) is 5.97. The van der Waals surface area contributed by atoms with Gasteiger partial charge in [-0.05, 0) is 31.9 Å². The number of nitrogens with zero attached hydrogens (tertiary/aromatic N) is 3. The highest BCUT2D eigenvalue weighted by molar-refractivity contribution is 6.03. The molecule has 198 valence electrons. The zero-order chi connectivity index (χ0) is 27.1. The van der Waals surface area contributed by atoms with Crippen LogP contribution < -0.4 is 16.1 Å². The first-order valence-corrected chi connectivity index (χ1v) is 11.8. The minimum Gasteiger partial charge on any atom is -0.481 e. The molecule has 0 aromatic heterocycles. The fraction of sp³-hybridized carbons (Fsp3) is 0.417. The van der Waals surface area contributed by atoms with Crippen LogP contribution >= 0.6 is 0 Å². The summed E-state index contributed by atoms with van der Waals surface area (Å²) in [6, 6.07) is 3.92. The first-order valence-electron chi connectivity index (χ1n) is 11.8. The second-order valence-electron chi connectivity index (χ2n) is 8.60. The lowest BCUT2D eigenvalue weighted by Crippen LogP contribution is -2.62. The minimum absolute atomic E-state index is 0.0445. The maximum absolute atomic E-state index is 13.7. The highest BCUT2D eigenvalue weighted by Gasteiger charge is 2.42. The Morgan fingerprint density at radius 2 is 1.92 bits per heavy atom. The Labute approximate surface area is 213 Å². The monoisotopic (exact) mass is 514 g/mol. The van der Waals surface area contributed by atoms with E-state index in [0.717, 1.165) is 5.01 Å². The van der Waals surface area contributed by atoms with Crippen LogP contribution in [0, 0.1) is 0 Å².